The van der Waals surface area contributed by atoms with Gasteiger partial charge in [-0.1, -0.05) is 6.42 Å². The van der Waals surface area contributed by atoms with E-state index in [4.69, 9.17) is 5.11 Å². The zero-order valence-corrected chi connectivity index (χ0v) is 11.1. The minimum absolute atomic E-state index is 0.0410. The molecule has 0 radical (unpaired) electrons. The third-order valence-corrected chi connectivity index (χ3v) is 3.96. The molecule has 1 fully saturated rings. The molecule has 19 heavy (non-hydrogen) atoms. The van der Waals surface area contributed by atoms with Gasteiger partial charge in [-0.25, -0.2) is 4.98 Å². The summed E-state index contributed by atoms with van der Waals surface area (Å²) in [5, 5.41) is 23.0. The first-order valence-corrected chi connectivity index (χ1v) is 6.53. The van der Waals surface area contributed by atoms with Crippen molar-refractivity contribution in [1.29, 1.82) is 0 Å². The number of nitro groups is 1. The van der Waals surface area contributed by atoms with Gasteiger partial charge in [-0.15, -0.1) is 0 Å². The van der Waals surface area contributed by atoms with Gasteiger partial charge in [0.05, 0.1) is 4.92 Å². The molecule has 0 bridgehead atoms. The molecule has 0 unspecified atom stereocenters. The van der Waals surface area contributed by atoms with Crippen molar-refractivity contribution in [2.24, 2.45) is 5.41 Å². The summed E-state index contributed by atoms with van der Waals surface area (Å²) in [4.78, 5) is 14.5. The first-order valence-electron chi connectivity index (χ1n) is 6.53. The summed E-state index contributed by atoms with van der Waals surface area (Å²) < 4.78 is 0. The van der Waals surface area contributed by atoms with Crippen LogP contribution in [0.1, 0.15) is 31.4 Å². The van der Waals surface area contributed by atoms with E-state index in [-0.39, 0.29) is 17.7 Å². The second-order valence-corrected chi connectivity index (χ2v) is 5.24. The lowest BCUT2D eigenvalue weighted by Gasteiger charge is -2.42. The summed E-state index contributed by atoms with van der Waals surface area (Å²) in [6, 6.07) is 3.11. The number of hydrogen-bond donors (Lipinski definition) is 2. The van der Waals surface area contributed by atoms with Crippen molar-refractivity contribution in [2.45, 2.75) is 32.6 Å². The Hall–Kier alpha value is -1.69. The zero-order valence-electron chi connectivity index (χ0n) is 11.1. The van der Waals surface area contributed by atoms with Crippen molar-refractivity contribution >= 4 is 11.5 Å². The molecule has 0 atom stereocenters. The minimum atomic E-state index is -0.425. The standard InChI is InChI=1S/C13H19N3O3/c1-10-11(16(18)19)3-4-12(15-10)14-9-13(7-8-17)5-2-6-13/h3-4,17H,2,5-9H2,1H3,(H,14,15). The van der Waals surface area contributed by atoms with Crippen LogP contribution in [0.2, 0.25) is 0 Å². The highest BCUT2D eigenvalue weighted by molar-refractivity contribution is 5.45. The molecule has 6 nitrogen and oxygen atoms in total. The maximum atomic E-state index is 10.7. The van der Waals surface area contributed by atoms with Gasteiger partial charge in [-0.05, 0) is 37.7 Å². The molecule has 1 aromatic heterocycles. The summed E-state index contributed by atoms with van der Waals surface area (Å²) in [6.45, 7) is 2.60. The van der Waals surface area contributed by atoms with Gasteiger partial charge in [0.15, 0.2) is 0 Å². The Morgan fingerprint density at radius 1 is 1.53 bits per heavy atom. The van der Waals surface area contributed by atoms with Gasteiger partial charge in [0.1, 0.15) is 11.5 Å². The Labute approximate surface area is 112 Å². The molecule has 0 saturated heterocycles. The highest BCUT2D eigenvalue weighted by Crippen LogP contribution is 2.43. The summed E-state index contributed by atoms with van der Waals surface area (Å²) in [6.07, 6.45) is 4.24. The van der Waals surface area contributed by atoms with Gasteiger partial charge in [-0.2, -0.15) is 0 Å². The zero-order chi connectivity index (χ0) is 13.9. The maximum Gasteiger partial charge on any atom is 0.290 e. The molecule has 1 heterocycles. The van der Waals surface area contributed by atoms with E-state index in [1.165, 1.54) is 12.5 Å². The third kappa shape index (κ3) is 3.01. The van der Waals surface area contributed by atoms with Crippen LogP contribution in [0.15, 0.2) is 12.1 Å². The van der Waals surface area contributed by atoms with Crippen LogP contribution < -0.4 is 5.32 Å². The molecule has 0 amide bonds. The maximum absolute atomic E-state index is 10.7. The number of anilines is 1. The Balaban J connectivity index is 2.00. The number of aryl methyl sites for hydroxylation is 1. The lowest BCUT2D eigenvalue weighted by Crippen LogP contribution is -2.37. The van der Waals surface area contributed by atoms with Crippen molar-refractivity contribution in [3.05, 3.63) is 27.9 Å². The molecular weight excluding hydrogens is 246 g/mol. The molecule has 0 aliphatic heterocycles. The molecule has 1 aromatic rings. The Kier molecular flexibility index (Phi) is 3.99. The van der Waals surface area contributed by atoms with Gasteiger partial charge in [-0.3, -0.25) is 10.1 Å². The fourth-order valence-corrected chi connectivity index (χ4v) is 2.55. The second kappa shape index (κ2) is 5.52. The molecular formula is C13H19N3O3. The van der Waals surface area contributed by atoms with E-state index in [0.29, 0.717) is 11.5 Å². The number of aliphatic hydroxyl groups excluding tert-OH is 1. The predicted molar refractivity (Wildman–Crippen MR) is 72.1 cm³/mol. The highest BCUT2D eigenvalue weighted by atomic mass is 16.6. The largest absolute Gasteiger partial charge is 0.396 e. The van der Waals surface area contributed by atoms with E-state index in [9.17, 15) is 10.1 Å². The van der Waals surface area contributed by atoms with Crippen molar-refractivity contribution in [3.8, 4) is 0 Å². The monoisotopic (exact) mass is 265 g/mol. The van der Waals surface area contributed by atoms with Crippen molar-refractivity contribution in [1.82, 2.24) is 4.98 Å². The first kappa shape index (κ1) is 13.7. The topological polar surface area (TPSA) is 88.3 Å². The smallest absolute Gasteiger partial charge is 0.290 e. The Bertz CT molecular complexity index is 472. The molecule has 1 saturated carbocycles. The van der Waals surface area contributed by atoms with Crippen LogP contribution in [-0.2, 0) is 0 Å². The molecule has 6 heteroatoms. The van der Waals surface area contributed by atoms with Gasteiger partial charge >= 0.3 is 0 Å². The molecule has 1 aliphatic carbocycles. The average molecular weight is 265 g/mol. The van der Waals surface area contributed by atoms with Gasteiger partial charge in [0.2, 0.25) is 0 Å². The number of pyridine rings is 1. The van der Waals surface area contributed by atoms with Gasteiger partial charge in [0.25, 0.3) is 5.69 Å². The predicted octanol–water partition coefficient (Wildman–Crippen LogP) is 2.26. The summed E-state index contributed by atoms with van der Waals surface area (Å²) >= 11 is 0. The average Bonchev–Trinajstić information content (AvgIpc) is 2.32. The number of aliphatic hydroxyl groups is 1. The van der Waals surface area contributed by atoms with Crippen LogP contribution >= 0.6 is 0 Å². The number of hydrogen-bond acceptors (Lipinski definition) is 5. The molecule has 0 spiro atoms. The molecule has 1 aliphatic rings. The lowest BCUT2D eigenvalue weighted by atomic mass is 9.67. The quantitative estimate of drug-likeness (QED) is 0.608. The van der Waals surface area contributed by atoms with E-state index in [1.54, 1.807) is 13.0 Å². The molecule has 2 rings (SSSR count). The van der Waals surface area contributed by atoms with E-state index < -0.39 is 4.92 Å². The number of rotatable bonds is 6. The van der Waals surface area contributed by atoms with Crippen molar-refractivity contribution in [3.63, 3.8) is 0 Å². The fourth-order valence-electron chi connectivity index (χ4n) is 2.55. The van der Waals surface area contributed by atoms with Crippen molar-refractivity contribution < 1.29 is 10.0 Å². The van der Waals surface area contributed by atoms with E-state index in [1.807, 2.05) is 0 Å². The van der Waals surface area contributed by atoms with Gasteiger partial charge < -0.3 is 10.4 Å². The van der Waals surface area contributed by atoms with E-state index >= 15 is 0 Å². The van der Waals surface area contributed by atoms with Crippen LogP contribution in [-0.4, -0.2) is 28.2 Å². The van der Waals surface area contributed by atoms with Crippen LogP contribution in [0.4, 0.5) is 11.5 Å². The van der Waals surface area contributed by atoms with Crippen LogP contribution in [0.5, 0.6) is 0 Å². The second-order valence-electron chi connectivity index (χ2n) is 5.24. The minimum Gasteiger partial charge on any atom is -0.396 e. The SMILES string of the molecule is Cc1nc(NCC2(CCO)CCC2)ccc1[N+](=O)[O-]. The molecule has 0 aromatic carbocycles. The normalized spacial score (nSPS) is 16.7. The summed E-state index contributed by atoms with van der Waals surface area (Å²) in [5.74, 6) is 0.660. The lowest BCUT2D eigenvalue weighted by molar-refractivity contribution is -0.385. The third-order valence-electron chi connectivity index (χ3n) is 3.96. The summed E-state index contributed by atoms with van der Waals surface area (Å²) in [7, 11) is 0. The van der Waals surface area contributed by atoms with E-state index in [0.717, 1.165) is 25.8 Å². The molecule has 2 N–H and O–H groups in total. The molecule has 104 valence electrons. The summed E-state index contributed by atoms with van der Waals surface area (Å²) in [5.41, 5.74) is 0.630. The fraction of sp³-hybridized carbons (Fsp3) is 0.615. The highest BCUT2D eigenvalue weighted by Gasteiger charge is 2.36. The number of aromatic nitrogens is 1. The van der Waals surface area contributed by atoms with Gasteiger partial charge in [0, 0.05) is 19.2 Å². The van der Waals surface area contributed by atoms with Crippen molar-refractivity contribution in [2.75, 3.05) is 18.5 Å². The number of nitrogens with one attached hydrogen (secondary N) is 1. The number of nitrogens with zero attached hydrogens (tertiary/aromatic N) is 2. The Morgan fingerprint density at radius 3 is 2.74 bits per heavy atom. The Morgan fingerprint density at radius 2 is 2.26 bits per heavy atom. The van der Waals surface area contributed by atoms with Crippen LogP contribution in [0.25, 0.3) is 0 Å². The van der Waals surface area contributed by atoms with Crippen LogP contribution in [0.3, 0.4) is 0 Å². The first-order chi connectivity index (χ1) is 9.06. The van der Waals surface area contributed by atoms with Crippen LogP contribution in [0, 0.1) is 22.5 Å². The van der Waals surface area contributed by atoms with E-state index in [2.05, 4.69) is 10.3 Å².